The number of amides is 2. The van der Waals surface area contributed by atoms with Crippen molar-refractivity contribution in [2.45, 2.75) is 71.4 Å². The molecule has 2 amide bonds. The summed E-state index contributed by atoms with van der Waals surface area (Å²) in [6, 6.07) is -0.223. The molecule has 5 heteroatoms. The fourth-order valence-electron chi connectivity index (χ4n) is 2.85. The van der Waals surface area contributed by atoms with Crippen LogP contribution in [0.1, 0.15) is 59.3 Å². The molecule has 0 heterocycles. The van der Waals surface area contributed by atoms with E-state index in [2.05, 4.69) is 16.0 Å². The summed E-state index contributed by atoms with van der Waals surface area (Å²) in [6.07, 6.45) is 6.61. The van der Waals surface area contributed by atoms with Gasteiger partial charge in [0.15, 0.2) is 0 Å². The smallest absolute Gasteiger partial charge is 0.242 e. The lowest BCUT2D eigenvalue weighted by atomic mass is 9.87. The van der Waals surface area contributed by atoms with Crippen LogP contribution >= 0.6 is 0 Å². The van der Waals surface area contributed by atoms with Crippen molar-refractivity contribution in [3.05, 3.63) is 0 Å². The molecule has 1 aliphatic rings. The molecule has 0 spiro atoms. The van der Waals surface area contributed by atoms with Crippen LogP contribution in [0, 0.1) is 5.92 Å². The predicted molar refractivity (Wildman–Crippen MR) is 84.9 cm³/mol. The first-order valence-corrected chi connectivity index (χ1v) is 8.33. The second kappa shape index (κ2) is 9.77. The van der Waals surface area contributed by atoms with Crippen molar-refractivity contribution >= 4 is 11.8 Å². The van der Waals surface area contributed by atoms with Crippen molar-refractivity contribution in [2.24, 2.45) is 5.92 Å². The van der Waals surface area contributed by atoms with Gasteiger partial charge < -0.3 is 16.0 Å². The maximum atomic E-state index is 12.0. The molecule has 0 saturated heterocycles. The van der Waals surface area contributed by atoms with Gasteiger partial charge in [-0.3, -0.25) is 9.59 Å². The molecule has 122 valence electrons. The first-order valence-electron chi connectivity index (χ1n) is 8.33. The molecule has 2 atom stereocenters. The summed E-state index contributed by atoms with van der Waals surface area (Å²) in [5.41, 5.74) is 0. The van der Waals surface area contributed by atoms with Crippen molar-refractivity contribution in [3.63, 3.8) is 0 Å². The van der Waals surface area contributed by atoms with Crippen molar-refractivity contribution in [1.82, 2.24) is 16.0 Å². The van der Waals surface area contributed by atoms with E-state index in [1.165, 1.54) is 19.3 Å². The zero-order valence-electron chi connectivity index (χ0n) is 13.7. The van der Waals surface area contributed by atoms with E-state index >= 15 is 0 Å². The van der Waals surface area contributed by atoms with Crippen LogP contribution in [-0.2, 0) is 9.59 Å². The molecule has 3 N–H and O–H groups in total. The molecular weight excluding hydrogens is 266 g/mol. The van der Waals surface area contributed by atoms with E-state index in [0.717, 1.165) is 19.4 Å². The quantitative estimate of drug-likeness (QED) is 0.637. The van der Waals surface area contributed by atoms with Gasteiger partial charge in [0.1, 0.15) is 6.04 Å². The largest absolute Gasteiger partial charge is 0.353 e. The molecule has 1 aliphatic carbocycles. The lowest BCUT2D eigenvalue weighted by molar-refractivity contribution is -0.129. The molecule has 0 aliphatic heterocycles. The van der Waals surface area contributed by atoms with Gasteiger partial charge in [-0.15, -0.1) is 0 Å². The normalized spacial score (nSPS) is 18.8. The van der Waals surface area contributed by atoms with E-state index in [-0.39, 0.29) is 17.9 Å². The van der Waals surface area contributed by atoms with Gasteiger partial charge in [0.05, 0.1) is 0 Å². The Bertz CT molecular complexity index is 327. The molecule has 0 aromatic carbocycles. The maximum Gasteiger partial charge on any atom is 0.242 e. The Balaban J connectivity index is 2.22. The van der Waals surface area contributed by atoms with E-state index in [9.17, 15) is 9.59 Å². The average Bonchev–Trinajstić information content (AvgIpc) is 2.45. The fraction of sp³-hybridized carbons (Fsp3) is 0.875. The number of carbonyl (C=O) groups is 2. The monoisotopic (exact) mass is 297 g/mol. The number of hydrogen-bond donors (Lipinski definition) is 3. The molecule has 0 radical (unpaired) electrons. The molecular formula is C16H31N3O2. The van der Waals surface area contributed by atoms with Gasteiger partial charge in [-0.2, -0.15) is 0 Å². The fourth-order valence-corrected chi connectivity index (χ4v) is 2.85. The zero-order valence-corrected chi connectivity index (χ0v) is 13.7. The summed E-state index contributed by atoms with van der Waals surface area (Å²) in [5, 5.41) is 8.90. The van der Waals surface area contributed by atoms with Crippen molar-refractivity contribution in [3.8, 4) is 0 Å². The Morgan fingerprint density at radius 1 is 1.14 bits per heavy atom. The summed E-state index contributed by atoms with van der Waals surface area (Å²) in [5.74, 6) is 0.392. The van der Waals surface area contributed by atoms with Crippen molar-refractivity contribution < 1.29 is 9.59 Å². The highest BCUT2D eigenvalue weighted by Gasteiger charge is 2.20. The maximum absolute atomic E-state index is 12.0. The molecule has 1 saturated carbocycles. The van der Waals surface area contributed by atoms with Gasteiger partial charge in [-0.25, -0.2) is 0 Å². The van der Waals surface area contributed by atoms with Crippen LogP contribution in [-0.4, -0.2) is 37.0 Å². The number of hydrogen-bond acceptors (Lipinski definition) is 3. The van der Waals surface area contributed by atoms with E-state index in [0.29, 0.717) is 18.9 Å². The molecule has 0 aromatic heterocycles. The first-order chi connectivity index (χ1) is 10.0. The van der Waals surface area contributed by atoms with Gasteiger partial charge >= 0.3 is 0 Å². The van der Waals surface area contributed by atoms with Crippen LogP contribution in [0.3, 0.4) is 0 Å². The Kier molecular flexibility index (Phi) is 8.35. The Morgan fingerprint density at radius 3 is 2.43 bits per heavy atom. The minimum absolute atomic E-state index is 0.00396. The number of likely N-dealkylation sites (N-methyl/N-ethyl adjacent to an activating group) is 1. The van der Waals surface area contributed by atoms with E-state index in [1.807, 2.05) is 13.8 Å². The summed E-state index contributed by atoms with van der Waals surface area (Å²) in [6.45, 7) is 7.26. The Hall–Kier alpha value is -1.10. The third-order valence-electron chi connectivity index (χ3n) is 4.10. The Morgan fingerprint density at radius 2 is 1.81 bits per heavy atom. The molecule has 21 heavy (non-hydrogen) atoms. The highest BCUT2D eigenvalue weighted by Crippen LogP contribution is 2.26. The Labute approximate surface area is 128 Å². The molecule has 1 rings (SSSR count). The average molecular weight is 297 g/mol. The third kappa shape index (κ3) is 7.46. The minimum Gasteiger partial charge on any atom is -0.353 e. The molecule has 1 fully saturated rings. The lowest BCUT2D eigenvalue weighted by Gasteiger charge is -2.22. The standard InChI is InChI=1S/C16H31N3O2/c1-4-17-12(2)11-18-16(21)13(3)19-15(20)10-14-8-6-5-7-9-14/h12-14,17H,4-11H2,1-3H3,(H,18,21)(H,19,20)/t12-,13?/m1/s1. The van der Waals surface area contributed by atoms with Gasteiger partial charge in [0.2, 0.25) is 11.8 Å². The second-order valence-corrected chi connectivity index (χ2v) is 6.20. The summed E-state index contributed by atoms with van der Waals surface area (Å²) >= 11 is 0. The summed E-state index contributed by atoms with van der Waals surface area (Å²) < 4.78 is 0. The van der Waals surface area contributed by atoms with Crippen LogP contribution in [0.15, 0.2) is 0 Å². The van der Waals surface area contributed by atoms with Crippen LogP contribution < -0.4 is 16.0 Å². The number of nitrogens with one attached hydrogen (secondary N) is 3. The molecule has 5 nitrogen and oxygen atoms in total. The van der Waals surface area contributed by atoms with Crippen molar-refractivity contribution in [2.75, 3.05) is 13.1 Å². The molecule has 0 aromatic rings. The van der Waals surface area contributed by atoms with Crippen LogP contribution in [0.5, 0.6) is 0 Å². The lowest BCUT2D eigenvalue weighted by Crippen LogP contribution is -2.48. The van der Waals surface area contributed by atoms with Crippen LogP contribution in [0.4, 0.5) is 0 Å². The van der Waals surface area contributed by atoms with E-state index < -0.39 is 6.04 Å². The topological polar surface area (TPSA) is 70.2 Å². The van der Waals surface area contributed by atoms with Gasteiger partial charge in [0.25, 0.3) is 0 Å². The minimum atomic E-state index is -0.463. The highest BCUT2D eigenvalue weighted by molar-refractivity contribution is 5.87. The van der Waals surface area contributed by atoms with Crippen LogP contribution in [0.25, 0.3) is 0 Å². The SMILES string of the molecule is CCN[C@H](C)CNC(=O)C(C)NC(=O)CC1CCCCC1. The summed E-state index contributed by atoms with van der Waals surface area (Å²) in [7, 11) is 0. The van der Waals surface area contributed by atoms with E-state index in [1.54, 1.807) is 6.92 Å². The van der Waals surface area contributed by atoms with Gasteiger partial charge in [-0.05, 0) is 39.2 Å². The highest BCUT2D eigenvalue weighted by atomic mass is 16.2. The van der Waals surface area contributed by atoms with Gasteiger partial charge in [0, 0.05) is 19.0 Å². The zero-order chi connectivity index (χ0) is 15.7. The van der Waals surface area contributed by atoms with Crippen molar-refractivity contribution in [1.29, 1.82) is 0 Å². The molecule has 1 unspecified atom stereocenters. The third-order valence-corrected chi connectivity index (χ3v) is 4.10. The van der Waals surface area contributed by atoms with E-state index in [4.69, 9.17) is 0 Å². The number of carbonyl (C=O) groups excluding carboxylic acids is 2. The predicted octanol–water partition coefficient (Wildman–Crippen LogP) is 1.58. The molecule has 0 bridgehead atoms. The first kappa shape index (κ1) is 18.0. The van der Waals surface area contributed by atoms with Gasteiger partial charge in [-0.1, -0.05) is 26.2 Å². The van der Waals surface area contributed by atoms with Crippen LogP contribution in [0.2, 0.25) is 0 Å². The summed E-state index contributed by atoms with van der Waals surface area (Å²) in [4.78, 5) is 23.9. The number of rotatable bonds is 8. The second-order valence-electron chi connectivity index (χ2n) is 6.20.